The zero-order valence-corrected chi connectivity index (χ0v) is 31.8. The number of carbonyl (C=O) groups is 4. The molecule has 0 saturated carbocycles. The molecule has 2 saturated heterocycles. The molecule has 4 amide bonds. The number of aryl methyl sites for hydroxylation is 1. The Bertz CT molecular complexity index is 3090. The first kappa shape index (κ1) is 24.1. The van der Waals surface area contributed by atoms with Crippen molar-refractivity contribution in [3.8, 4) is 0 Å². The van der Waals surface area contributed by atoms with Crippen molar-refractivity contribution in [2.24, 2.45) is 0 Å². The fourth-order valence-corrected chi connectivity index (χ4v) is 6.50. The van der Waals surface area contributed by atoms with Gasteiger partial charge in [-0.05, 0) is 150 Å². The molecule has 4 aromatic carbocycles. The summed E-state index contributed by atoms with van der Waals surface area (Å²) in [4.78, 5) is 61.9. The number of amides is 4. The second-order valence-electron chi connectivity index (χ2n) is 12.5. The summed E-state index contributed by atoms with van der Waals surface area (Å²) in [6.45, 7) is 10.6. The van der Waals surface area contributed by atoms with Gasteiger partial charge < -0.3 is 20.4 Å². The molecule has 12 nitrogen and oxygen atoms in total. The zero-order valence-electron chi connectivity index (χ0n) is 46.2. The second-order valence-corrected chi connectivity index (χ2v) is 13.2. The smallest absolute Gasteiger partial charge is 0.259 e. The molecule has 0 spiro atoms. The first-order chi connectivity index (χ1) is 33.0. The summed E-state index contributed by atoms with van der Waals surface area (Å²) in [5.41, 5.74) is -5.23. The Labute approximate surface area is 359 Å². The van der Waals surface area contributed by atoms with Gasteiger partial charge in [0.15, 0.2) is 21.6 Å². The van der Waals surface area contributed by atoms with Crippen molar-refractivity contribution in [3.63, 3.8) is 0 Å². The van der Waals surface area contributed by atoms with Crippen LogP contribution in [0, 0.1) is 27.0 Å². The molecular formula is C42H40N8O4S2. The second kappa shape index (κ2) is 15.7. The average molecular weight is 801 g/mol. The van der Waals surface area contributed by atoms with Crippen molar-refractivity contribution in [1.29, 1.82) is 0 Å². The molecule has 0 aromatic heterocycles. The van der Waals surface area contributed by atoms with E-state index in [1.807, 2.05) is 0 Å². The van der Waals surface area contributed by atoms with Crippen molar-refractivity contribution < 1.29 is 41.1 Å². The van der Waals surface area contributed by atoms with Gasteiger partial charge >= 0.3 is 0 Å². The summed E-state index contributed by atoms with van der Waals surface area (Å²) in [5, 5.41) is 3.24. The molecule has 2 aliphatic heterocycles. The van der Waals surface area contributed by atoms with Crippen LogP contribution in [0.15, 0.2) is 84.8 Å². The summed E-state index contributed by atoms with van der Waals surface area (Å²) in [7, 11) is 1.37. The van der Waals surface area contributed by atoms with Crippen LogP contribution in [0.2, 0.25) is 0 Å². The number of hydrogen-bond acceptors (Lipinski definition) is 6. The van der Waals surface area contributed by atoms with Gasteiger partial charge in [-0.3, -0.25) is 29.0 Å². The number of nitrogens with zero attached hydrogens (tertiary/aromatic N) is 6. The van der Waals surface area contributed by atoms with E-state index in [1.165, 1.54) is 64.2 Å². The first-order valence-electron chi connectivity index (χ1n) is 24.1. The number of nitrogens with one attached hydrogen (secondary N) is 2. The van der Waals surface area contributed by atoms with Crippen LogP contribution >= 0.6 is 24.4 Å². The van der Waals surface area contributed by atoms with Crippen LogP contribution in [0.5, 0.6) is 0 Å². The molecule has 0 radical (unpaired) electrons. The van der Waals surface area contributed by atoms with E-state index in [-0.39, 0.29) is 57.1 Å². The lowest BCUT2D eigenvalue weighted by molar-refractivity contribution is -0.121. The molecule has 284 valence electrons. The summed E-state index contributed by atoms with van der Waals surface area (Å²) >= 11 is 11.0. The summed E-state index contributed by atoms with van der Waals surface area (Å²) in [6.07, 6.45) is 0. The summed E-state index contributed by atoms with van der Waals surface area (Å²) in [5.74, 6) is -3.93. The Kier molecular flexibility index (Phi) is 6.77. The van der Waals surface area contributed by atoms with Crippen LogP contribution in [0.4, 0.5) is 34.1 Å². The lowest BCUT2D eigenvalue weighted by Crippen LogP contribution is -2.44. The Morgan fingerprint density at radius 2 is 1.27 bits per heavy atom. The van der Waals surface area contributed by atoms with E-state index in [2.05, 4.69) is 15.0 Å². The SMILES string of the molecule is [2H]c1cc(N2C(=S)N(c3ccc([N+]#[C-])c(C)c3)C(=O)C2(C([2H])([2H])[2H])C([2H])([2H])[2H])ccc1C(=O)NC.[2H]c1cc([N+]#[C-])c(C)c([2H])c1N1C(=O)C(C)(C)N(c2c([2H])c([2H])c(C(=O)NC([2H])([2H])[2H])c([2H])c2[2H])C1=S. The van der Waals surface area contributed by atoms with Crippen LogP contribution in [0.25, 0.3) is 9.69 Å². The first-order valence-corrected chi connectivity index (χ1v) is 16.9. The zero-order chi connectivity index (χ0) is 54.9. The summed E-state index contributed by atoms with van der Waals surface area (Å²) < 4.78 is 129. The molecule has 56 heavy (non-hydrogen) atoms. The van der Waals surface area contributed by atoms with Gasteiger partial charge in [-0.1, -0.05) is 12.1 Å². The Balaban J connectivity index is 0.000000268. The van der Waals surface area contributed by atoms with Gasteiger partial charge in [0, 0.05) is 60.2 Å². The minimum atomic E-state index is -3.39. The third-order valence-electron chi connectivity index (χ3n) is 8.54. The number of anilines is 4. The van der Waals surface area contributed by atoms with Gasteiger partial charge in [-0.25, -0.2) is 9.69 Å². The fourth-order valence-electron chi connectivity index (χ4n) is 5.58. The summed E-state index contributed by atoms with van der Waals surface area (Å²) in [6, 6.07) is 4.85. The number of benzene rings is 4. The molecule has 0 atom stereocenters. The maximum atomic E-state index is 13.8. The molecule has 0 bridgehead atoms. The standard InChI is InChI=1S/2C21H20N4O2S/c2*1-13-12-16(10-11-17(13)22-4)24-19(27)21(2,3)25(20(24)28)15-8-6-14(7-9-15)18(26)23-5/h2*6-12H,1-3,5H3,(H,23,26)/i5D3,6D,7D,8D,9D,10D,12D;2D3,3D3,6D. The highest BCUT2D eigenvalue weighted by Gasteiger charge is 2.51. The molecule has 14 heteroatoms. The van der Waals surface area contributed by atoms with Crippen molar-refractivity contribution in [1.82, 2.24) is 10.6 Å². The minimum absolute atomic E-state index is 0.0386. The highest BCUT2D eigenvalue weighted by molar-refractivity contribution is 7.81. The third kappa shape index (κ3) is 7.20. The van der Waals surface area contributed by atoms with Gasteiger partial charge in [0.1, 0.15) is 11.1 Å². The Morgan fingerprint density at radius 3 is 1.84 bits per heavy atom. The van der Waals surface area contributed by atoms with Gasteiger partial charge in [-0.2, -0.15) is 0 Å². The van der Waals surface area contributed by atoms with Gasteiger partial charge in [0.05, 0.1) is 22.7 Å². The van der Waals surface area contributed by atoms with E-state index in [0.717, 1.165) is 25.7 Å². The minimum Gasteiger partial charge on any atom is -0.355 e. The van der Waals surface area contributed by atoms with Crippen molar-refractivity contribution in [2.45, 2.75) is 52.5 Å². The van der Waals surface area contributed by atoms with Crippen molar-refractivity contribution in [3.05, 3.63) is 130 Å². The largest absolute Gasteiger partial charge is 0.355 e. The normalized spacial score (nSPS) is 20.3. The van der Waals surface area contributed by atoms with E-state index < -0.39 is 95.9 Å². The Morgan fingerprint density at radius 1 is 0.696 bits per heavy atom. The maximum Gasteiger partial charge on any atom is 0.259 e. The van der Waals surface area contributed by atoms with Crippen LogP contribution in [0.1, 0.15) is 81.3 Å². The quantitative estimate of drug-likeness (QED) is 0.151. The molecule has 2 fully saturated rings. The van der Waals surface area contributed by atoms with Gasteiger partial charge in [0.2, 0.25) is 0 Å². The number of thiocarbonyl (C=S) groups is 2. The van der Waals surface area contributed by atoms with Crippen LogP contribution in [-0.2, 0) is 9.59 Å². The van der Waals surface area contributed by atoms with E-state index in [9.17, 15) is 19.2 Å². The molecule has 6 rings (SSSR count). The van der Waals surface area contributed by atoms with E-state index in [0.29, 0.717) is 11.3 Å². The number of hydrogen-bond donors (Lipinski definition) is 2. The van der Waals surface area contributed by atoms with E-state index in [1.54, 1.807) is 12.2 Å². The average Bonchev–Trinajstić information content (AvgIpc) is 3.61. The highest BCUT2D eigenvalue weighted by Crippen LogP contribution is 2.39. The molecule has 2 N–H and O–H groups in total. The van der Waals surface area contributed by atoms with Crippen LogP contribution in [0.3, 0.4) is 0 Å². The molecule has 0 aliphatic carbocycles. The molecule has 2 aliphatic rings. The monoisotopic (exact) mass is 800 g/mol. The number of rotatable bonds is 6. The predicted molar refractivity (Wildman–Crippen MR) is 228 cm³/mol. The van der Waals surface area contributed by atoms with Crippen molar-refractivity contribution >= 4 is 92.4 Å². The van der Waals surface area contributed by atoms with Crippen molar-refractivity contribution in [2.75, 3.05) is 33.6 Å². The van der Waals surface area contributed by atoms with Gasteiger partial charge in [0.25, 0.3) is 23.6 Å². The topological polar surface area (TPSA) is 114 Å². The fraction of sp³-hybridized carbons (Fsp3) is 0.238. The lowest BCUT2D eigenvalue weighted by atomic mass is 10.0. The predicted octanol–water partition coefficient (Wildman–Crippen LogP) is 7.64. The molecule has 0 unspecified atom stereocenters. The molecule has 4 aromatic rings. The highest BCUT2D eigenvalue weighted by atomic mass is 32.1. The Hall–Kier alpha value is -6.48. The van der Waals surface area contributed by atoms with Gasteiger partial charge in [-0.15, -0.1) is 0 Å². The lowest BCUT2D eigenvalue weighted by Gasteiger charge is -2.29. The maximum absolute atomic E-state index is 13.8. The van der Waals surface area contributed by atoms with Crippen LogP contribution < -0.4 is 30.2 Å². The van der Waals surface area contributed by atoms with E-state index in [4.69, 9.17) is 59.5 Å². The number of carbonyl (C=O) groups excluding carboxylic acids is 4. The van der Waals surface area contributed by atoms with Crippen LogP contribution in [-0.4, -0.2) is 59.0 Å². The molecular weight excluding hydrogens is 745 g/mol. The third-order valence-corrected chi connectivity index (χ3v) is 9.27. The van der Waals surface area contributed by atoms with E-state index >= 15 is 0 Å². The molecule has 2 heterocycles.